The van der Waals surface area contributed by atoms with E-state index in [4.69, 9.17) is 10.4 Å². The number of aliphatic carboxylic acids is 1. The van der Waals surface area contributed by atoms with E-state index in [1.54, 1.807) is 19.9 Å². The largest absolute Gasteiger partial charge is 0.481 e. The Labute approximate surface area is 117 Å². The zero-order chi connectivity index (χ0) is 15.3. The Morgan fingerprint density at radius 1 is 1.55 bits per heavy atom. The maximum absolute atomic E-state index is 12.5. The first kappa shape index (κ1) is 16.1. The van der Waals surface area contributed by atoms with Crippen molar-refractivity contribution in [3.8, 4) is 6.07 Å². The van der Waals surface area contributed by atoms with Crippen LogP contribution in [0.2, 0.25) is 0 Å². The second kappa shape index (κ2) is 6.45. The van der Waals surface area contributed by atoms with Gasteiger partial charge in [-0.1, -0.05) is 0 Å². The van der Waals surface area contributed by atoms with Gasteiger partial charge in [0.05, 0.1) is 6.42 Å². The number of carboxylic acids is 1. The Bertz CT molecular complexity index is 634. The number of pyridine rings is 1. The maximum atomic E-state index is 12.5. The molecule has 20 heavy (non-hydrogen) atoms. The molecule has 0 saturated heterocycles. The maximum Gasteiger partial charge on any atom is 0.304 e. The second-order valence-corrected chi connectivity index (χ2v) is 6.17. The number of carboxylic acid groups (broad SMARTS) is 1. The number of nitrogens with zero attached hydrogens (tertiary/aromatic N) is 3. The van der Waals surface area contributed by atoms with Gasteiger partial charge in [-0.15, -0.1) is 0 Å². The molecule has 0 amide bonds. The van der Waals surface area contributed by atoms with E-state index >= 15 is 0 Å². The summed E-state index contributed by atoms with van der Waals surface area (Å²) in [4.78, 5) is 14.1. The molecular formula is C12H15N3O4S. The molecular weight excluding hydrogens is 282 g/mol. The molecule has 0 radical (unpaired) electrons. The summed E-state index contributed by atoms with van der Waals surface area (Å²) in [6, 6.07) is 4.01. The number of carbonyl (C=O) groups is 1. The van der Waals surface area contributed by atoms with Crippen molar-refractivity contribution < 1.29 is 18.3 Å². The molecule has 0 bridgehead atoms. The van der Waals surface area contributed by atoms with E-state index in [9.17, 15) is 13.2 Å². The predicted molar refractivity (Wildman–Crippen MR) is 70.2 cm³/mol. The van der Waals surface area contributed by atoms with Gasteiger partial charge in [-0.25, -0.2) is 13.4 Å². The van der Waals surface area contributed by atoms with Crippen LogP contribution in [0, 0.1) is 11.3 Å². The molecule has 0 saturated carbocycles. The highest BCUT2D eigenvalue weighted by atomic mass is 32.2. The molecule has 0 aliphatic rings. The Morgan fingerprint density at radius 3 is 2.70 bits per heavy atom. The molecule has 0 unspecified atom stereocenters. The molecule has 0 aromatic carbocycles. The summed E-state index contributed by atoms with van der Waals surface area (Å²) < 4.78 is 26.1. The van der Waals surface area contributed by atoms with Crippen LogP contribution in [0.15, 0.2) is 23.2 Å². The Hall–Kier alpha value is -1.98. The fourth-order valence-electron chi connectivity index (χ4n) is 1.67. The van der Waals surface area contributed by atoms with Crippen LogP contribution in [-0.2, 0) is 14.8 Å². The summed E-state index contributed by atoms with van der Waals surface area (Å²) in [6.07, 6.45) is 1.02. The highest BCUT2D eigenvalue weighted by Gasteiger charge is 2.29. The number of hydrogen-bond acceptors (Lipinski definition) is 5. The Kier molecular flexibility index (Phi) is 5.19. The van der Waals surface area contributed by atoms with E-state index in [0.717, 1.165) is 4.31 Å². The lowest BCUT2D eigenvalue weighted by Crippen LogP contribution is -2.38. The minimum atomic E-state index is -3.95. The highest BCUT2D eigenvalue weighted by Crippen LogP contribution is 2.20. The smallest absolute Gasteiger partial charge is 0.304 e. The summed E-state index contributed by atoms with van der Waals surface area (Å²) in [5, 5.41) is 17.6. The Morgan fingerprint density at radius 2 is 2.20 bits per heavy atom. The highest BCUT2D eigenvalue weighted by molar-refractivity contribution is 7.89. The van der Waals surface area contributed by atoms with E-state index in [1.165, 1.54) is 18.3 Å². The summed E-state index contributed by atoms with van der Waals surface area (Å²) in [5.74, 6) is -1.09. The SMILES string of the molecule is CC(C)N(CCC(=O)O)S(=O)(=O)c1cccnc1C#N. The monoisotopic (exact) mass is 297 g/mol. The molecule has 1 aromatic rings. The van der Waals surface area contributed by atoms with E-state index in [-0.39, 0.29) is 23.6 Å². The van der Waals surface area contributed by atoms with Crippen LogP contribution >= 0.6 is 0 Å². The third-order valence-electron chi connectivity index (χ3n) is 2.59. The van der Waals surface area contributed by atoms with E-state index in [0.29, 0.717) is 0 Å². The molecule has 0 fully saturated rings. The molecule has 7 nitrogen and oxygen atoms in total. The lowest BCUT2D eigenvalue weighted by atomic mass is 10.3. The fraction of sp³-hybridized carbons (Fsp3) is 0.417. The normalized spacial score (nSPS) is 11.6. The van der Waals surface area contributed by atoms with Gasteiger partial charge >= 0.3 is 5.97 Å². The predicted octanol–water partition coefficient (Wildman–Crippen LogP) is 0.827. The third kappa shape index (κ3) is 3.53. The lowest BCUT2D eigenvalue weighted by Gasteiger charge is -2.25. The molecule has 0 aliphatic heterocycles. The summed E-state index contributed by atoms with van der Waals surface area (Å²) in [7, 11) is -3.95. The van der Waals surface area contributed by atoms with Crippen molar-refractivity contribution in [1.29, 1.82) is 5.26 Å². The van der Waals surface area contributed by atoms with Gasteiger partial charge < -0.3 is 5.11 Å². The molecule has 1 N–H and O–H groups in total. The molecule has 1 aromatic heterocycles. The number of aromatic nitrogens is 1. The second-order valence-electron chi connectivity index (χ2n) is 4.32. The van der Waals surface area contributed by atoms with E-state index in [2.05, 4.69) is 4.98 Å². The van der Waals surface area contributed by atoms with Gasteiger partial charge in [0.2, 0.25) is 10.0 Å². The zero-order valence-electron chi connectivity index (χ0n) is 11.1. The van der Waals surface area contributed by atoms with Gasteiger partial charge in [-0.2, -0.15) is 9.57 Å². The molecule has 0 aliphatic carbocycles. The first-order valence-electron chi connectivity index (χ1n) is 5.89. The van der Waals surface area contributed by atoms with Crippen LogP contribution in [0.1, 0.15) is 26.0 Å². The fourth-order valence-corrected chi connectivity index (χ4v) is 3.40. The van der Waals surface area contributed by atoms with Crippen LogP contribution < -0.4 is 0 Å². The van der Waals surface area contributed by atoms with Crippen molar-refractivity contribution in [2.75, 3.05) is 6.54 Å². The first-order valence-corrected chi connectivity index (χ1v) is 7.33. The number of hydrogen-bond donors (Lipinski definition) is 1. The van der Waals surface area contributed by atoms with Crippen LogP contribution in [0.4, 0.5) is 0 Å². The summed E-state index contributed by atoms with van der Waals surface area (Å²) in [6.45, 7) is 3.12. The van der Waals surface area contributed by atoms with Crippen molar-refractivity contribution in [3.63, 3.8) is 0 Å². The van der Waals surface area contributed by atoms with Crippen molar-refractivity contribution in [1.82, 2.24) is 9.29 Å². The van der Waals surface area contributed by atoms with Crippen molar-refractivity contribution in [2.24, 2.45) is 0 Å². The topological polar surface area (TPSA) is 111 Å². The average Bonchev–Trinajstić information content (AvgIpc) is 2.37. The minimum Gasteiger partial charge on any atom is -0.481 e. The van der Waals surface area contributed by atoms with Crippen LogP contribution in [-0.4, -0.2) is 41.4 Å². The average molecular weight is 297 g/mol. The van der Waals surface area contributed by atoms with Gasteiger partial charge in [0.1, 0.15) is 11.0 Å². The summed E-state index contributed by atoms with van der Waals surface area (Å²) >= 11 is 0. The van der Waals surface area contributed by atoms with E-state index in [1.807, 2.05) is 0 Å². The molecule has 0 atom stereocenters. The van der Waals surface area contributed by atoms with Crippen LogP contribution in [0.5, 0.6) is 0 Å². The zero-order valence-corrected chi connectivity index (χ0v) is 12.0. The van der Waals surface area contributed by atoms with Crippen LogP contribution in [0.25, 0.3) is 0 Å². The lowest BCUT2D eigenvalue weighted by molar-refractivity contribution is -0.137. The van der Waals surface area contributed by atoms with Gasteiger partial charge in [0.25, 0.3) is 0 Å². The quantitative estimate of drug-likeness (QED) is 0.832. The summed E-state index contributed by atoms with van der Waals surface area (Å²) in [5.41, 5.74) is -0.200. The molecule has 1 heterocycles. The third-order valence-corrected chi connectivity index (χ3v) is 4.69. The first-order chi connectivity index (χ1) is 9.30. The van der Waals surface area contributed by atoms with Crippen molar-refractivity contribution >= 4 is 16.0 Å². The number of sulfonamides is 1. The number of nitriles is 1. The molecule has 1 rings (SSSR count). The molecule has 0 spiro atoms. The van der Waals surface area contributed by atoms with Crippen molar-refractivity contribution in [2.45, 2.75) is 31.2 Å². The van der Waals surface area contributed by atoms with Crippen LogP contribution in [0.3, 0.4) is 0 Å². The standard InChI is InChI=1S/C12H15N3O4S/c1-9(2)15(7-5-12(16)17)20(18,19)11-4-3-6-14-10(11)8-13/h3-4,6,9H,5,7H2,1-2H3,(H,16,17). The van der Waals surface area contributed by atoms with Gasteiger partial charge in [-0.05, 0) is 26.0 Å². The Balaban J connectivity index is 3.24. The number of rotatable bonds is 6. The van der Waals surface area contributed by atoms with Gasteiger partial charge in [-0.3, -0.25) is 4.79 Å². The molecule has 108 valence electrons. The van der Waals surface area contributed by atoms with E-state index < -0.39 is 22.0 Å². The minimum absolute atomic E-state index is 0.158. The van der Waals surface area contributed by atoms with Gasteiger partial charge in [0, 0.05) is 18.8 Å². The van der Waals surface area contributed by atoms with Crippen molar-refractivity contribution in [3.05, 3.63) is 24.0 Å². The van der Waals surface area contributed by atoms with Gasteiger partial charge in [0.15, 0.2) is 5.69 Å². The molecule has 8 heteroatoms.